The van der Waals surface area contributed by atoms with E-state index >= 15 is 0 Å². The van der Waals surface area contributed by atoms with Gasteiger partial charge in [0.25, 0.3) is 0 Å². The molecule has 0 atom stereocenters. The summed E-state index contributed by atoms with van der Waals surface area (Å²) < 4.78 is 0. The molecule has 0 spiro atoms. The van der Waals surface area contributed by atoms with E-state index in [0.29, 0.717) is 6.54 Å². The molecule has 2 rings (SSSR count). The van der Waals surface area contributed by atoms with Crippen LogP contribution in [0.1, 0.15) is 24.8 Å². The van der Waals surface area contributed by atoms with Crippen LogP contribution in [0.4, 0.5) is 0 Å². The molecule has 1 aliphatic rings. The maximum atomic E-state index is 12.1. The minimum absolute atomic E-state index is 0.148. The summed E-state index contributed by atoms with van der Waals surface area (Å²) in [4.78, 5) is 15.1. The summed E-state index contributed by atoms with van der Waals surface area (Å²) in [6, 6.07) is 1.98. The highest BCUT2D eigenvalue weighted by Gasteiger charge is 2.43. The SMILES string of the molecule is CNCC1(C(=O)NCc2cc[nH]c2)CCC1. The average molecular weight is 221 g/mol. The van der Waals surface area contributed by atoms with Gasteiger partial charge in [0.15, 0.2) is 0 Å². The molecule has 0 saturated heterocycles. The number of carbonyl (C=O) groups is 1. The quantitative estimate of drug-likeness (QED) is 0.695. The van der Waals surface area contributed by atoms with Crippen molar-refractivity contribution in [2.75, 3.05) is 13.6 Å². The number of aromatic nitrogens is 1. The summed E-state index contributed by atoms with van der Waals surface area (Å²) in [5, 5.41) is 6.13. The highest BCUT2D eigenvalue weighted by molar-refractivity contribution is 5.83. The number of hydrogen-bond donors (Lipinski definition) is 3. The number of H-pyrrole nitrogens is 1. The molecular formula is C12H19N3O. The molecule has 4 heteroatoms. The van der Waals surface area contributed by atoms with Crippen molar-refractivity contribution in [3.05, 3.63) is 24.0 Å². The zero-order valence-corrected chi connectivity index (χ0v) is 9.68. The van der Waals surface area contributed by atoms with Gasteiger partial charge < -0.3 is 15.6 Å². The Labute approximate surface area is 95.8 Å². The van der Waals surface area contributed by atoms with Crippen LogP contribution in [0.3, 0.4) is 0 Å². The van der Waals surface area contributed by atoms with Crippen molar-refractivity contribution in [2.24, 2.45) is 5.41 Å². The molecule has 1 heterocycles. The summed E-state index contributed by atoms with van der Waals surface area (Å²) in [6.07, 6.45) is 6.96. The topological polar surface area (TPSA) is 56.9 Å². The molecular weight excluding hydrogens is 202 g/mol. The minimum atomic E-state index is -0.148. The van der Waals surface area contributed by atoms with Crippen LogP contribution in [0.15, 0.2) is 18.5 Å². The molecule has 0 bridgehead atoms. The lowest BCUT2D eigenvalue weighted by molar-refractivity contribution is -0.135. The Bertz CT molecular complexity index is 341. The van der Waals surface area contributed by atoms with Crippen LogP contribution in [0.25, 0.3) is 0 Å². The summed E-state index contributed by atoms with van der Waals surface area (Å²) in [6.45, 7) is 1.40. The van der Waals surface area contributed by atoms with E-state index < -0.39 is 0 Å². The van der Waals surface area contributed by atoms with Gasteiger partial charge in [-0.25, -0.2) is 0 Å². The first kappa shape index (κ1) is 11.2. The van der Waals surface area contributed by atoms with Crippen molar-refractivity contribution in [3.8, 4) is 0 Å². The normalized spacial score (nSPS) is 17.8. The first-order valence-electron chi connectivity index (χ1n) is 5.81. The zero-order valence-electron chi connectivity index (χ0n) is 9.68. The number of carbonyl (C=O) groups excluding carboxylic acids is 1. The number of nitrogens with one attached hydrogen (secondary N) is 3. The lowest BCUT2D eigenvalue weighted by Gasteiger charge is -2.40. The van der Waals surface area contributed by atoms with E-state index in [1.165, 1.54) is 6.42 Å². The van der Waals surface area contributed by atoms with E-state index in [2.05, 4.69) is 15.6 Å². The van der Waals surface area contributed by atoms with Gasteiger partial charge >= 0.3 is 0 Å². The van der Waals surface area contributed by atoms with Crippen LogP contribution in [0.2, 0.25) is 0 Å². The Morgan fingerprint density at radius 2 is 2.38 bits per heavy atom. The van der Waals surface area contributed by atoms with Crippen molar-refractivity contribution < 1.29 is 4.79 Å². The molecule has 1 fully saturated rings. The third-order valence-electron chi connectivity index (χ3n) is 3.42. The van der Waals surface area contributed by atoms with E-state index in [4.69, 9.17) is 0 Å². The first-order chi connectivity index (χ1) is 7.77. The first-order valence-corrected chi connectivity index (χ1v) is 5.81. The number of hydrogen-bond acceptors (Lipinski definition) is 2. The van der Waals surface area contributed by atoms with Crippen LogP contribution in [-0.2, 0) is 11.3 Å². The van der Waals surface area contributed by atoms with Crippen molar-refractivity contribution in [1.29, 1.82) is 0 Å². The fourth-order valence-corrected chi connectivity index (χ4v) is 2.26. The van der Waals surface area contributed by atoms with Crippen molar-refractivity contribution in [3.63, 3.8) is 0 Å². The molecule has 16 heavy (non-hydrogen) atoms. The molecule has 3 N–H and O–H groups in total. The van der Waals surface area contributed by atoms with Gasteiger partial charge in [0.1, 0.15) is 0 Å². The van der Waals surface area contributed by atoms with Crippen LogP contribution < -0.4 is 10.6 Å². The lowest BCUT2D eigenvalue weighted by atomic mass is 9.68. The Morgan fingerprint density at radius 1 is 1.56 bits per heavy atom. The summed E-state index contributed by atoms with van der Waals surface area (Å²) in [7, 11) is 1.90. The second kappa shape index (κ2) is 4.70. The van der Waals surface area contributed by atoms with E-state index in [1.807, 2.05) is 25.5 Å². The second-order valence-electron chi connectivity index (χ2n) is 4.57. The number of rotatable bonds is 5. The van der Waals surface area contributed by atoms with Crippen LogP contribution in [-0.4, -0.2) is 24.5 Å². The Balaban J connectivity index is 1.87. The van der Waals surface area contributed by atoms with Crippen LogP contribution >= 0.6 is 0 Å². The molecule has 88 valence electrons. The van der Waals surface area contributed by atoms with Gasteiger partial charge in [-0.1, -0.05) is 6.42 Å². The fraction of sp³-hybridized carbons (Fsp3) is 0.583. The molecule has 1 saturated carbocycles. The molecule has 0 unspecified atom stereocenters. The standard InChI is InChI=1S/C12H19N3O/c1-13-9-12(4-2-5-12)11(16)15-8-10-3-6-14-7-10/h3,6-7,13-14H,2,4-5,8-9H2,1H3,(H,15,16). The maximum Gasteiger partial charge on any atom is 0.227 e. The molecule has 1 aromatic rings. The largest absolute Gasteiger partial charge is 0.367 e. The minimum Gasteiger partial charge on any atom is -0.367 e. The van der Waals surface area contributed by atoms with E-state index in [-0.39, 0.29) is 11.3 Å². The molecule has 0 aromatic carbocycles. The van der Waals surface area contributed by atoms with E-state index in [0.717, 1.165) is 24.9 Å². The van der Waals surface area contributed by atoms with Gasteiger partial charge in [-0.15, -0.1) is 0 Å². The average Bonchev–Trinajstić information content (AvgIpc) is 2.72. The maximum absolute atomic E-state index is 12.1. The monoisotopic (exact) mass is 221 g/mol. The van der Waals surface area contributed by atoms with Gasteiger partial charge in [-0.3, -0.25) is 4.79 Å². The second-order valence-corrected chi connectivity index (χ2v) is 4.57. The van der Waals surface area contributed by atoms with Gasteiger partial charge in [0.05, 0.1) is 5.41 Å². The van der Waals surface area contributed by atoms with Crippen molar-refractivity contribution >= 4 is 5.91 Å². The lowest BCUT2D eigenvalue weighted by Crippen LogP contribution is -2.50. The Morgan fingerprint density at radius 3 is 2.88 bits per heavy atom. The smallest absolute Gasteiger partial charge is 0.227 e. The van der Waals surface area contributed by atoms with Crippen molar-refractivity contribution in [2.45, 2.75) is 25.8 Å². The Hall–Kier alpha value is -1.29. The predicted molar refractivity (Wildman–Crippen MR) is 62.9 cm³/mol. The van der Waals surface area contributed by atoms with Crippen LogP contribution in [0, 0.1) is 5.41 Å². The highest BCUT2D eigenvalue weighted by Crippen LogP contribution is 2.40. The summed E-state index contributed by atoms with van der Waals surface area (Å²) in [5.74, 6) is 0.189. The highest BCUT2D eigenvalue weighted by atomic mass is 16.2. The van der Waals surface area contributed by atoms with Crippen LogP contribution in [0.5, 0.6) is 0 Å². The third kappa shape index (κ3) is 2.11. The zero-order chi connectivity index (χ0) is 11.4. The number of aromatic amines is 1. The summed E-state index contributed by atoms with van der Waals surface area (Å²) in [5.41, 5.74) is 0.970. The Kier molecular flexibility index (Phi) is 3.29. The van der Waals surface area contributed by atoms with Gasteiger partial charge in [0.2, 0.25) is 5.91 Å². The molecule has 0 aliphatic heterocycles. The van der Waals surface area contributed by atoms with E-state index in [9.17, 15) is 4.79 Å². The van der Waals surface area contributed by atoms with Crippen molar-refractivity contribution in [1.82, 2.24) is 15.6 Å². The summed E-state index contributed by atoms with van der Waals surface area (Å²) >= 11 is 0. The third-order valence-corrected chi connectivity index (χ3v) is 3.42. The molecule has 4 nitrogen and oxygen atoms in total. The molecule has 1 aromatic heterocycles. The predicted octanol–water partition coefficient (Wildman–Crippen LogP) is 1.02. The fourth-order valence-electron chi connectivity index (χ4n) is 2.26. The van der Waals surface area contributed by atoms with Gasteiger partial charge in [-0.2, -0.15) is 0 Å². The van der Waals surface area contributed by atoms with Gasteiger partial charge in [-0.05, 0) is 31.5 Å². The molecule has 1 amide bonds. The molecule has 1 aliphatic carbocycles. The van der Waals surface area contributed by atoms with Gasteiger partial charge in [0, 0.05) is 25.5 Å². The molecule has 0 radical (unpaired) electrons. The van der Waals surface area contributed by atoms with E-state index in [1.54, 1.807) is 0 Å². The number of amides is 1.